The van der Waals surface area contributed by atoms with Crippen LogP contribution in [-0.2, 0) is 16.4 Å². The van der Waals surface area contributed by atoms with Gasteiger partial charge in [-0.05, 0) is 43.3 Å². The van der Waals surface area contributed by atoms with Crippen LogP contribution >= 0.6 is 0 Å². The predicted molar refractivity (Wildman–Crippen MR) is 82.2 cm³/mol. The molecule has 112 valence electrons. The van der Waals surface area contributed by atoms with Crippen molar-refractivity contribution in [2.75, 3.05) is 32.9 Å². The van der Waals surface area contributed by atoms with Gasteiger partial charge >= 0.3 is 0 Å². The van der Waals surface area contributed by atoms with Crippen molar-refractivity contribution in [1.82, 2.24) is 9.62 Å². The molecule has 0 aliphatic carbocycles. The Bertz CT molecular complexity index is 522. The molecule has 1 aliphatic rings. The van der Waals surface area contributed by atoms with Gasteiger partial charge in [0, 0.05) is 13.6 Å². The standard InChI is InChI=1S/C15H24N2O2S/c1-17(20(2,18)19)13-15(8-10-16-11-9-15)12-14-6-4-3-5-7-14/h3-7,16H,8-13H2,1-2H3. The molecule has 0 atom stereocenters. The fraction of sp³-hybridized carbons (Fsp3) is 0.600. The summed E-state index contributed by atoms with van der Waals surface area (Å²) < 4.78 is 24.9. The molecular formula is C15H24N2O2S. The minimum atomic E-state index is -3.12. The van der Waals surface area contributed by atoms with Gasteiger partial charge in [0.1, 0.15) is 0 Å². The molecule has 0 unspecified atom stereocenters. The quantitative estimate of drug-likeness (QED) is 0.895. The highest BCUT2D eigenvalue weighted by Crippen LogP contribution is 2.34. The summed E-state index contributed by atoms with van der Waals surface area (Å²) in [7, 11) is -1.44. The van der Waals surface area contributed by atoms with Crippen LogP contribution < -0.4 is 5.32 Å². The number of nitrogens with zero attached hydrogens (tertiary/aromatic N) is 1. The molecule has 2 rings (SSSR count). The summed E-state index contributed by atoms with van der Waals surface area (Å²) in [4.78, 5) is 0. The molecule has 4 nitrogen and oxygen atoms in total. The maximum absolute atomic E-state index is 11.7. The number of hydrogen-bond donors (Lipinski definition) is 1. The lowest BCUT2D eigenvalue weighted by atomic mass is 9.74. The van der Waals surface area contributed by atoms with Crippen LogP contribution in [0, 0.1) is 5.41 Å². The number of sulfonamides is 1. The SMILES string of the molecule is CN(CC1(Cc2ccccc2)CCNCC1)S(C)(=O)=O. The van der Waals surface area contributed by atoms with E-state index in [-0.39, 0.29) is 5.41 Å². The maximum Gasteiger partial charge on any atom is 0.210 e. The lowest BCUT2D eigenvalue weighted by Crippen LogP contribution is -2.46. The van der Waals surface area contributed by atoms with Gasteiger partial charge in [0.15, 0.2) is 0 Å². The normalized spacial score (nSPS) is 19.1. The number of piperidine rings is 1. The molecule has 0 amide bonds. The third kappa shape index (κ3) is 4.04. The fourth-order valence-corrected chi connectivity index (χ4v) is 3.47. The Hall–Kier alpha value is -0.910. The van der Waals surface area contributed by atoms with Crippen LogP contribution in [0.2, 0.25) is 0 Å². The van der Waals surface area contributed by atoms with E-state index in [0.29, 0.717) is 6.54 Å². The van der Waals surface area contributed by atoms with E-state index in [0.717, 1.165) is 32.4 Å². The average Bonchev–Trinajstić information content (AvgIpc) is 2.39. The van der Waals surface area contributed by atoms with Gasteiger partial charge < -0.3 is 5.32 Å². The molecule has 0 saturated carbocycles. The van der Waals surface area contributed by atoms with E-state index in [9.17, 15) is 8.42 Å². The molecule has 0 spiro atoms. The van der Waals surface area contributed by atoms with Gasteiger partial charge in [0.2, 0.25) is 10.0 Å². The van der Waals surface area contributed by atoms with Gasteiger partial charge in [-0.2, -0.15) is 0 Å². The Kier molecular flexibility index (Phi) is 4.83. The molecule has 5 heteroatoms. The van der Waals surface area contributed by atoms with E-state index >= 15 is 0 Å². The third-order valence-corrected chi connectivity index (χ3v) is 5.47. The molecule has 1 fully saturated rings. The summed E-state index contributed by atoms with van der Waals surface area (Å²) in [5.41, 5.74) is 1.33. The zero-order valence-corrected chi connectivity index (χ0v) is 13.1. The molecule has 1 heterocycles. The average molecular weight is 296 g/mol. The van der Waals surface area contributed by atoms with Crippen molar-refractivity contribution >= 4 is 10.0 Å². The lowest BCUT2D eigenvalue weighted by molar-refractivity contribution is 0.165. The lowest BCUT2D eigenvalue weighted by Gasteiger charge is -2.40. The largest absolute Gasteiger partial charge is 0.317 e. The number of benzene rings is 1. The van der Waals surface area contributed by atoms with Crippen molar-refractivity contribution in [2.45, 2.75) is 19.3 Å². The Morgan fingerprint density at radius 2 is 1.80 bits per heavy atom. The van der Waals surface area contributed by atoms with Crippen LogP contribution in [0.3, 0.4) is 0 Å². The zero-order chi connectivity index (χ0) is 14.6. The molecule has 1 saturated heterocycles. The molecule has 0 radical (unpaired) electrons. The molecule has 1 N–H and O–H groups in total. The van der Waals surface area contributed by atoms with Gasteiger partial charge in [0.25, 0.3) is 0 Å². The molecule has 1 aliphatic heterocycles. The summed E-state index contributed by atoms with van der Waals surface area (Å²) >= 11 is 0. The first kappa shape index (κ1) is 15.5. The first-order valence-electron chi connectivity index (χ1n) is 7.07. The van der Waals surface area contributed by atoms with E-state index in [1.54, 1.807) is 7.05 Å². The van der Waals surface area contributed by atoms with Crippen molar-refractivity contribution in [3.8, 4) is 0 Å². The van der Waals surface area contributed by atoms with Crippen LogP contribution in [0.25, 0.3) is 0 Å². The number of hydrogen-bond acceptors (Lipinski definition) is 3. The van der Waals surface area contributed by atoms with Gasteiger partial charge in [-0.25, -0.2) is 12.7 Å². The maximum atomic E-state index is 11.7. The van der Waals surface area contributed by atoms with Crippen molar-refractivity contribution in [3.05, 3.63) is 35.9 Å². The van der Waals surface area contributed by atoms with Gasteiger partial charge in [0.05, 0.1) is 6.26 Å². The van der Waals surface area contributed by atoms with Crippen molar-refractivity contribution in [1.29, 1.82) is 0 Å². The van der Waals surface area contributed by atoms with Crippen molar-refractivity contribution in [3.63, 3.8) is 0 Å². The zero-order valence-electron chi connectivity index (χ0n) is 12.3. The fourth-order valence-electron chi connectivity index (χ4n) is 2.97. The number of rotatable bonds is 5. The molecule has 0 bridgehead atoms. The predicted octanol–water partition coefficient (Wildman–Crippen LogP) is 1.49. The van der Waals surface area contributed by atoms with Crippen LogP contribution in [0.1, 0.15) is 18.4 Å². The summed E-state index contributed by atoms with van der Waals surface area (Å²) in [5, 5.41) is 3.37. The minimum Gasteiger partial charge on any atom is -0.317 e. The van der Waals surface area contributed by atoms with Crippen molar-refractivity contribution < 1.29 is 8.42 Å². The molecule has 0 aromatic heterocycles. The Morgan fingerprint density at radius 3 is 2.35 bits per heavy atom. The summed E-state index contributed by atoms with van der Waals surface area (Å²) in [6.45, 7) is 2.53. The monoisotopic (exact) mass is 296 g/mol. The second kappa shape index (κ2) is 6.24. The van der Waals surface area contributed by atoms with E-state index in [1.807, 2.05) is 18.2 Å². The van der Waals surface area contributed by atoms with Crippen LogP contribution in [0.15, 0.2) is 30.3 Å². The first-order valence-corrected chi connectivity index (χ1v) is 8.92. The van der Waals surface area contributed by atoms with E-state index in [1.165, 1.54) is 16.1 Å². The molecule has 1 aromatic rings. The van der Waals surface area contributed by atoms with Crippen molar-refractivity contribution in [2.24, 2.45) is 5.41 Å². The first-order chi connectivity index (χ1) is 9.41. The van der Waals surface area contributed by atoms with Gasteiger partial charge in [-0.3, -0.25) is 0 Å². The minimum absolute atomic E-state index is 0.0461. The highest BCUT2D eigenvalue weighted by atomic mass is 32.2. The van der Waals surface area contributed by atoms with E-state index in [4.69, 9.17) is 0 Å². The third-order valence-electron chi connectivity index (χ3n) is 4.21. The molecular weight excluding hydrogens is 272 g/mol. The van der Waals surface area contributed by atoms with Gasteiger partial charge in [-0.1, -0.05) is 30.3 Å². The molecule has 20 heavy (non-hydrogen) atoms. The summed E-state index contributed by atoms with van der Waals surface area (Å²) in [6.07, 6.45) is 4.25. The van der Waals surface area contributed by atoms with E-state index in [2.05, 4.69) is 17.4 Å². The topological polar surface area (TPSA) is 49.4 Å². The second-order valence-electron chi connectivity index (χ2n) is 5.93. The highest BCUT2D eigenvalue weighted by molar-refractivity contribution is 7.88. The highest BCUT2D eigenvalue weighted by Gasteiger charge is 2.35. The van der Waals surface area contributed by atoms with E-state index < -0.39 is 10.0 Å². The Balaban J connectivity index is 2.17. The summed E-state index contributed by atoms with van der Waals surface area (Å²) in [5.74, 6) is 0. The van der Waals surface area contributed by atoms with Crippen LogP contribution in [0.5, 0.6) is 0 Å². The smallest absolute Gasteiger partial charge is 0.210 e. The second-order valence-corrected chi connectivity index (χ2v) is 8.02. The Morgan fingerprint density at radius 1 is 1.20 bits per heavy atom. The van der Waals surface area contributed by atoms with Gasteiger partial charge in [-0.15, -0.1) is 0 Å². The van der Waals surface area contributed by atoms with Crippen LogP contribution in [0.4, 0.5) is 0 Å². The summed E-state index contributed by atoms with van der Waals surface area (Å²) in [6, 6.07) is 10.4. The number of nitrogens with one attached hydrogen (secondary N) is 1. The molecule has 1 aromatic carbocycles. The van der Waals surface area contributed by atoms with Crippen LogP contribution in [-0.4, -0.2) is 45.7 Å². The Labute approximate surface area is 122 Å².